The third-order valence-electron chi connectivity index (χ3n) is 3.83. The van der Waals surface area contributed by atoms with Gasteiger partial charge in [-0.25, -0.2) is 0 Å². The summed E-state index contributed by atoms with van der Waals surface area (Å²) in [7, 11) is 1.50. The van der Waals surface area contributed by atoms with Crippen molar-refractivity contribution in [2.45, 2.75) is 20.1 Å². The average molecular weight is 326 g/mol. The second-order valence-electron chi connectivity index (χ2n) is 5.42. The van der Waals surface area contributed by atoms with Gasteiger partial charge < -0.3 is 19.5 Å². The van der Waals surface area contributed by atoms with E-state index in [2.05, 4.69) is 10.1 Å². The van der Waals surface area contributed by atoms with Gasteiger partial charge in [0, 0.05) is 16.7 Å². The van der Waals surface area contributed by atoms with Crippen LogP contribution in [-0.4, -0.2) is 27.5 Å². The lowest BCUT2D eigenvalue weighted by molar-refractivity contribution is 0.254. The number of methoxy groups -OCH3 is 1. The summed E-state index contributed by atoms with van der Waals surface area (Å²) in [6.45, 7) is 1.56. The van der Waals surface area contributed by atoms with Crippen LogP contribution in [-0.2, 0) is 13.2 Å². The highest BCUT2D eigenvalue weighted by Crippen LogP contribution is 2.31. The molecule has 1 aromatic heterocycles. The molecule has 0 saturated heterocycles. The van der Waals surface area contributed by atoms with Gasteiger partial charge in [0.05, 0.1) is 20.3 Å². The Bertz CT molecular complexity index is 815. The molecule has 0 aliphatic rings. The van der Waals surface area contributed by atoms with Crippen LogP contribution >= 0.6 is 0 Å². The number of aliphatic hydroxyl groups is 2. The van der Waals surface area contributed by atoms with Gasteiger partial charge in [-0.15, -0.1) is 0 Å². The van der Waals surface area contributed by atoms with Crippen molar-refractivity contribution < 1.29 is 19.5 Å². The maximum absolute atomic E-state index is 9.52. The van der Waals surface area contributed by atoms with E-state index in [0.29, 0.717) is 34.2 Å². The summed E-state index contributed by atoms with van der Waals surface area (Å²) in [4.78, 5) is 4.41. The van der Waals surface area contributed by atoms with Gasteiger partial charge in [0.15, 0.2) is 0 Å². The summed E-state index contributed by atoms with van der Waals surface area (Å²) in [6, 6.07) is 11.2. The Hall–Kier alpha value is -2.70. The summed E-state index contributed by atoms with van der Waals surface area (Å²) >= 11 is 0. The molecule has 3 aromatic rings. The molecule has 6 heteroatoms. The first-order valence-corrected chi connectivity index (χ1v) is 7.49. The quantitative estimate of drug-likeness (QED) is 0.749. The van der Waals surface area contributed by atoms with Crippen LogP contribution in [0.25, 0.3) is 22.8 Å². The van der Waals surface area contributed by atoms with Gasteiger partial charge >= 0.3 is 0 Å². The van der Waals surface area contributed by atoms with E-state index in [9.17, 15) is 10.2 Å². The molecule has 0 bridgehead atoms. The number of benzene rings is 2. The molecule has 3 rings (SSSR count). The van der Waals surface area contributed by atoms with Gasteiger partial charge in [0.2, 0.25) is 5.82 Å². The van der Waals surface area contributed by atoms with Gasteiger partial charge in [0.25, 0.3) is 5.89 Å². The standard InChI is InChI=1S/C18H18N2O4/c1-11-3-5-12(6-4-11)17-19-18(24-20-17)13-7-14(9-21)15(10-22)16(8-13)23-2/h3-8,21-22H,9-10H2,1-2H3. The molecule has 24 heavy (non-hydrogen) atoms. The molecule has 0 radical (unpaired) electrons. The molecule has 0 fully saturated rings. The molecule has 2 N–H and O–H groups in total. The summed E-state index contributed by atoms with van der Waals surface area (Å²) in [5, 5.41) is 23.0. The summed E-state index contributed by atoms with van der Waals surface area (Å²) in [5.74, 6) is 1.28. The fourth-order valence-electron chi connectivity index (χ4n) is 2.49. The van der Waals surface area contributed by atoms with Crippen molar-refractivity contribution >= 4 is 0 Å². The van der Waals surface area contributed by atoms with E-state index in [1.807, 2.05) is 31.2 Å². The third-order valence-corrected chi connectivity index (χ3v) is 3.83. The minimum absolute atomic E-state index is 0.223. The van der Waals surface area contributed by atoms with Crippen LogP contribution in [0.4, 0.5) is 0 Å². The molecule has 0 spiro atoms. The number of aryl methyl sites for hydroxylation is 1. The van der Waals surface area contributed by atoms with Crippen LogP contribution < -0.4 is 4.74 Å². The van der Waals surface area contributed by atoms with Crippen LogP contribution in [0.2, 0.25) is 0 Å². The smallest absolute Gasteiger partial charge is 0.258 e. The fourth-order valence-corrected chi connectivity index (χ4v) is 2.49. The third kappa shape index (κ3) is 3.02. The summed E-state index contributed by atoms with van der Waals surface area (Å²) < 4.78 is 10.6. The Morgan fingerprint density at radius 2 is 1.79 bits per heavy atom. The van der Waals surface area contributed by atoms with Gasteiger partial charge in [-0.1, -0.05) is 35.0 Å². The number of aliphatic hydroxyl groups excluding tert-OH is 2. The SMILES string of the molecule is COc1cc(-c2nc(-c3ccc(C)cc3)no2)cc(CO)c1CO. The highest BCUT2D eigenvalue weighted by Gasteiger charge is 2.16. The summed E-state index contributed by atoms with van der Waals surface area (Å²) in [6.07, 6.45) is 0. The van der Waals surface area contributed by atoms with Crippen LogP contribution in [0.15, 0.2) is 40.9 Å². The van der Waals surface area contributed by atoms with Crippen molar-refractivity contribution in [1.29, 1.82) is 0 Å². The highest BCUT2D eigenvalue weighted by atomic mass is 16.5. The zero-order chi connectivity index (χ0) is 17.1. The predicted molar refractivity (Wildman–Crippen MR) is 88.3 cm³/mol. The molecule has 6 nitrogen and oxygen atoms in total. The van der Waals surface area contributed by atoms with Crippen molar-refractivity contribution in [2.24, 2.45) is 0 Å². The Morgan fingerprint density at radius 1 is 1.04 bits per heavy atom. The second kappa shape index (κ2) is 6.82. The highest BCUT2D eigenvalue weighted by molar-refractivity contribution is 5.63. The molecular weight excluding hydrogens is 308 g/mol. The normalized spacial score (nSPS) is 10.8. The van der Waals surface area contributed by atoms with Crippen LogP contribution in [0, 0.1) is 6.92 Å². The number of ether oxygens (including phenoxy) is 1. The maximum atomic E-state index is 9.52. The molecule has 0 saturated carbocycles. The molecular formula is C18H18N2O4. The number of nitrogens with zero attached hydrogens (tertiary/aromatic N) is 2. The molecule has 0 aliphatic carbocycles. The summed E-state index contributed by atoms with van der Waals surface area (Å²) in [5.41, 5.74) is 3.74. The molecule has 124 valence electrons. The van der Waals surface area contributed by atoms with E-state index in [-0.39, 0.29) is 13.2 Å². The van der Waals surface area contributed by atoms with Gasteiger partial charge in [-0.2, -0.15) is 4.98 Å². The minimum atomic E-state index is -0.224. The number of rotatable bonds is 5. The van der Waals surface area contributed by atoms with Gasteiger partial charge in [0.1, 0.15) is 5.75 Å². The Balaban J connectivity index is 2.02. The molecule has 1 heterocycles. The molecule has 0 amide bonds. The van der Waals surface area contributed by atoms with Gasteiger partial charge in [-0.3, -0.25) is 0 Å². The lowest BCUT2D eigenvalue weighted by atomic mass is 10.0. The fraction of sp³-hybridized carbons (Fsp3) is 0.222. The zero-order valence-electron chi connectivity index (χ0n) is 13.5. The molecule has 0 aliphatic heterocycles. The van der Waals surface area contributed by atoms with Crippen molar-refractivity contribution in [3.8, 4) is 28.6 Å². The van der Waals surface area contributed by atoms with Crippen molar-refractivity contribution in [2.75, 3.05) is 7.11 Å². The van der Waals surface area contributed by atoms with E-state index >= 15 is 0 Å². The van der Waals surface area contributed by atoms with Crippen molar-refractivity contribution in [3.63, 3.8) is 0 Å². The number of hydrogen-bond acceptors (Lipinski definition) is 6. The first-order valence-electron chi connectivity index (χ1n) is 7.49. The molecule has 0 unspecified atom stereocenters. The maximum Gasteiger partial charge on any atom is 0.258 e. The van der Waals surface area contributed by atoms with Crippen LogP contribution in [0.3, 0.4) is 0 Å². The first-order chi connectivity index (χ1) is 11.7. The first kappa shape index (κ1) is 16.2. The van der Waals surface area contributed by atoms with Crippen LogP contribution in [0.5, 0.6) is 5.75 Å². The monoisotopic (exact) mass is 326 g/mol. The topological polar surface area (TPSA) is 88.6 Å². The van der Waals surface area contributed by atoms with Crippen molar-refractivity contribution in [3.05, 3.63) is 53.1 Å². The van der Waals surface area contributed by atoms with E-state index < -0.39 is 0 Å². The second-order valence-corrected chi connectivity index (χ2v) is 5.42. The number of aromatic nitrogens is 2. The zero-order valence-corrected chi connectivity index (χ0v) is 13.5. The Morgan fingerprint density at radius 3 is 2.42 bits per heavy atom. The van der Waals surface area contributed by atoms with E-state index in [1.54, 1.807) is 12.1 Å². The minimum Gasteiger partial charge on any atom is -0.496 e. The van der Waals surface area contributed by atoms with Gasteiger partial charge in [-0.05, 0) is 24.6 Å². The number of hydrogen-bond donors (Lipinski definition) is 2. The van der Waals surface area contributed by atoms with E-state index in [0.717, 1.165) is 11.1 Å². The Labute approximate surface area is 139 Å². The molecule has 2 aromatic carbocycles. The lowest BCUT2D eigenvalue weighted by Gasteiger charge is -2.11. The Kier molecular flexibility index (Phi) is 4.59. The van der Waals surface area contributed by atoms with Crippen LogP contribution in [0.1, 0.15) is 16.7 Å². The van der Waals surface area contributed by atoms with E-state index in [4.69, 9.17) is 9.26 Å². The predicted octanol–water partition coefficient (Wildman–Crippen LogP) is 2.71. The average Bonchev–Trinajstić information content (AvgIpc) is 3.11. The largest absolute Gasteiger partial charge is 0.496 e. The van der Waals surface area contributed by atoms with Crippen molar-refractivity contribution in [1.82, 2.24) is 10.1 Å². The molecule has 0 atom stereocenters. The van der Waals surface area contributed by atoms with E-state index in [1.165, 1.54) is 7.11 Å². The lowest BCUT2D eigenvalue weighted by Crippen LogP contribution is -1.99.